The normalized spacial score (nSPS) is 37.5. The highest BCUT2D eigenvalue weighted by atomic mass is 14.7. The molecule has 1 aliphatic rings. The van der Waals surface area contributed by atoms with Crippen LogP contribution in [0.3, 0.4) is 0 Å². The number of hydrogen-bond acceptors (Lipinski definition) is 1. The minimum absolute atomic E-state index is 0.463. The van der Waals surface area contributed by atoms with Gasteiger partial charge in [0, 0.05) is 6.04 Å². The second-order valence-corrected chi connectivity index (χ2v) is 4.14. The Morgan fingerprint density at radius 3 is 2.91 bits per heavy atom. The minimum atomic E-state index is 0.463. The van der Waals surface area contributed by atoms with Crippen molar-refractivity contribution in [3.8, 4) is 0 Å². The molecule has 0 aromatic heterocycles. The van der Waals surface area contributed by atoms with Crippen LogP contribution in [0.25, 0.3) is 0 Å². The van der Waals surface area contributed by atoms with E-state index in [9.17, 15) is 0 Å². The molecule has 1 aliphatic carbocycles. The predicted octanol–water partition coefficient (Wildman–Crippen LogP) is 2.47. The van der Waals surface area contributed by atoms with Crippen LogP contribution in [0.5, 0.6) is 0 Å². The number of hydrogen-bond donors (Lipinski definition) is 1. The van der Waals surface area contributed by atoms with E-state index in [1.165, 1.54) is 25.7 Å². The molecule has 0 amide bonds. The van der Waals surface area contributed by atoms with Crippen LogP contribution in [0, 0.1) is 5.41 Å². The lowest BCUT2D eigenvalue weighted by Gasteiger charge is -2.22. The van der Waals surface area contributed by atoms with Gasteiger partial charge in [-0.1, -0.05) is 13.0 Å². The monoisotopic (exact) mass is 153 g/mol. The molecule has 1 fully saturated rings. The Morgan fingerprint density at radius 1 is 1.73 bits per heavy atom. The maximum absolute atomic E-state index is 5.86. The van der Waals surface area contributed by atoms with E-state index in [0.29, 0.717) is 11.5 Å². The van der Waals surface area contributed by atoms with Gasteiger partial charge in [0.05, 0.1) is 0 Å². The van der Waals surface area contributed by atoms with E-state index in [0.717, 1.165) is 6.42 Å². The topological polar surface area (TPSA) is 26.0 Å². The van der Waals surface area contributed by atoms with Crippen molar-refractivity contribution in [1.29, 1.82) is 0 Å². The fraction of sp³-hybridized carbons (Fsp3) is 0.800. The van der Waals surface area contributed by atoms with Crippen molar-refractivity contribution >= 4 is 0 Å². The minimum Gasteiger partial charge on any atom is -0.328 e. The highest BCUT2D eigenvalue weighted by Gasteiger charge is 2.32. The lowest BCUT2D eigenvalue weighted by atomic mass is 9.84. The van der Waals surface area contributed by atoms with Gasteiger partial charge in [-0.05, 0) is 37.5 Å². The summed E-state index contributed by atoms with van der Waals surface area (Å²) in [7, 11) is 0. The predicted molar refractivity (Wildman–Crippen MR) is 49.4 cm³/mol. The molecule has 0 saturated heterocycles. The molecule has 11 heavy (non-hydrogen) atoms. The Kier molecular flexibility index (Phi) is 2.72. The Hall–Kier alpha value is -0.300. The van der Waals surface area contributed by atoms with Gasteiger partial charge in [-0.15, -0.1) is 6.58 Å². The molecule has 64 valence electrons. The quantitative estimate of drug-likeness (QED) is 0.619. The molecule has 0 heterocycles. The van der Waals surface area contributed by atoms with Gasteiger partial charge in [0.2, 0.25) is 0 Å². The Morgan fingerprint density at radius 2 is 2.45 bits per heavy atom. The smallest absolute Gasteiger partial charge is 0.00442 e. The standard InChI is InChI=1S/C10H19N/c1-3-4-6-10(2)7-5-9(11)8-10/h3,9H,1,4-8,11H2,2H3. The van der Waals surface area contributed by atoms with Crippen LogP contribution in [-0.4, -0.2) is 6.04 Å². The van der Waals surface area contributed by atoms with Crippen molar-refractivity contribution in [2.75, 3.05) is 0 Å². The highest BCUT2D eigenvalue weighted by Crippen LogP contribution is 2.40. The second kappa shape index (κ2) is 3.40. The Labute approximate surface area is 69.7 Å². The molecule has 2 unspecified atom stereocenters. The van der Waals surface area contributed by atoms with Crippen LogP contribution < -0.4 is 5.73 Å². The van der Waals surface area contributed by atoms with Gasteiger partial charge in [0.25, 0.3) is 0 Å². The summed E-state index contributed by atoms with van der Waals surface area (Å²) < 4.78 is 0. The van der Waals surface area contributed by atoms with Crippen molar-refractivity contribution < 1.29 is 0 Å². The third-order valence-corrected chi connectivity index (χ3v) is 2.83. The zero-order valence-electron chi connectivity index (χ0n) is 7.47. The van der Waals surface area contributed by atoms with E-state index in [-0.39, 0.29) is 0 Å². The van der Waals surface area contributed by atoms with Crippen molar-refractivity contribution in [3.05, 3.63) is 12.7 Å². The van der Waals surface area contributed by atoms with Gasteiger partial charge in [-0.25, -0.2) is 0 Å². The van der Waals surface area contributed by atoms with Crippen LogP contribution in [-0.2, 0) is 0 Å². The molecular formula is C10H19N. The first-order valence-electron chi connectivity index (χ1n) is 4.53. The molecule has 0 aromatic rings. The molecule has 1 saturated carbocycles. The molecular weight excluding hydrogens is 134 g/mol. The lowest BCUT2D eigenvalue weighted by Crippen LogP contribution is -2.19. The summed E-state index contributed by atoms with van der Waals surface area (Å²) in [6.45, 7) is 6.09. The SMILES string of the molecule is C=CCCC1(C)CCC(N)C1. The molecule has 0 radical (unpaired) electrons. The molecule has 0 aromatic carbocycles. The summed E-state index contributed by atoms with van der Waals surface area (Å²) >= 11 is 0. The summed E-state index contributed by atoms with van der Waals surface area (Å²) in [5, 5.41) is 0. The van der Waals surface area contributed by atoms with Gasteiger partial charge < -0.3 is 5.73 Å². The fourth-order valence-electron chi connectivity index (χ4n) is 2.05. The number of rotatable bonds is 3. The molecule has 1 heteroatoms. The van der Waals surface area contributed by atoms with E-state index in [1.54, 1.807) is 0 Å². The number of allylic oxidation sites excluding steroid dienone is 1. The highest BCUT2D eigenvalue weighted by molar-refractivity contribution is 4.89. The van der Waals surface area contributed by atoms with E-state index in [2.05, 4.69) is 13.5 Å². The molecule has 2 N–H and O–H groups in total. The molecule has 0 aliphatic heterocycles. The molecule has 0 bridgehead atoms. The summed E-state index contributed by atoms with van der Waals surface area (Å²) in [5.41, 5.74) is 6.38. The molecule has 2 atom stereocenters. The maximum atomic E-state index is 5.86. The third-order valence-electron chi connectivity index (χ3n) is 2.83. The largest absolute Gasteiger partial charge is 0.328 e. The molecule has 1 rings (SSSR count). The summed E-state index contributed by atoms with van der Waals surface area (Å²) in [4.78, 5) is 0. The van der Waals surface area contributed by atoms with Crippen LogP contribution in [0.4, 0.5) is 0 Å². The first kappa shape index (κ1) is 8.79. The van der Waals surface area contributed by atoms with E-state index < -0.39 is 0 Å². The Bertz CT molecular complexity index is 142. The zero-order valence-corrected chi connectivity index (χ0v) is 7.47. The van der Waals surface area contributed by atoms with E-state index in [4.69, 9.17) is 5.73 Å². The maximum Gasteiger partial charge on any atom is 0.00442 e. The van der Waals surface area contributed by atoms with Crippen LogP contribution in [0.2, 0.25) is 0 Å². The van der Waals surface area contributed by atoms with Crippen LogP contribution in [0.15, 0.2) is 12.7 Å². The number of nitrogens with two attached hydrogens (primary N) is 1. The van der Waals surface area contributed by atoms with Gasteiger partial charge in [-0.2, -0.15) is 0 Å². The van der Waals surface area contributed by atoms with Crippen molar-refractivity contribution in [2.24, 2.45) is 11.1 Å². The third kappa shape index (κ3) is 2.33. The van der Waals surface area contributed by atoms with E-state index >= 15 is 0 Å². The average molecular weight is 153 g/mol. The van der Waals surface area contributed by atoms with Crippen molar-refractivity contribution in [1.82, 2.24) is 0 Å². The Balaban J connectivity index is 2.35. The molecule has 0 spiro atoms. The fourth-order valence-corrected chi connectivity index (χ4v) is 2.05. The first-order chi connectivity index (χ1) is 5.16. The van der Waals surface area contributed by atoms with Gasteiger partial charge in [-0.3, -0.25) is 0 Å². The van der Waals surface area contributed by atoms with E-state index in [1.807, 2.05) is 6.08 Å². The summed E-state index contributed by atoms with van der Waals surface area (Å²) in [6.07, 6.45) is 8.15. The van der Waals surface area contributed by atoms with Gasteiger partial charge in [0.1, 0.15) is 0 Å². The van der Waals surface area contributed by atoms with Crippen molar-refractivity contribution in [3.63, 3.8) is 0 Å². The molecule has 1 nitrogen and oxygen atoms in total. The average Bonchev–Trinajstić information content (AvgIpc) is 2.28. The first-order valence-corrected chi connectivity index (χ1v) is 4.53. The lowest BCUT2D eigenvalue weighted by molar-refractivity contribution is 0.307. The zero-order chi connectivity index (χ0) is 8.32. The van der Waals surface area contributed by atoms with Crippen LogP contribution in [0.1, 0.15) is 39.0 Å². The summed E-state index contributed by atoms with van der Waals surface area (Å²) in [6, 6.07) is 0.463. The van der Waals surface area contributed by atoms with Gasteiger partial charge in [0.15, 0.2) is 0 Å². The summed E-state index contributed by atoms with van der Waals surface area (Å²) in [5.74, 6) is 0. The van der Waals surface area contributed by atoms with Gasteiger partial charge >= 0.3 is 0 Å². The second-order valence-electron chi connectivity index (χ2n) is 4.14. The van der Waals surface area contributed by atoms with Crippen molar-refractivity contribution in [2.45, 2.75) is 45.1 Å². The van der Waals surface area contributed by atoms with Crippen LogP contribution >= 0.6 is 0 Å².